The molecule has 0 bridgehead atoms. The topological polar surface area (TPSA) is 94.6 Å². The molecule has 0 amide bonds. The lowest BCUT2D eigenvalue weighted by molar-refractivity contribution is 0.131. The van der Waals surface area contributed by atoms with E-state index in [-0.39, 0.29) is 23.7 Å². The molecule has 59 heavy (non-hydrogen) atoms. The largest absolute Gasteiger partial charge is 0.504 e. The summed E-state index contributed by atoms with van der Waals surface area (Å²) in [6, 6.07) is 51.8. The smallest absolute Gasteiger partial charge is 0.180 e. The lowest BCUT2D eigenvalue weighted by Crippen LogP contribution is -2.23. The lowest BCUT2D eigenvalue weighted by Gasteiger charge is -2.23. The number of fused-ring (bicyclic) bond motifs is 6. The number of hydrogen-bond donors (Lipinski definition) is 2. The highest BCUT2D eigenvalue weighted by Gasteiger charge is 2.23. The van der Waals surface area contributed by atoms with Crippen LogP contribution in [-0.2, 0) is 0 Å². The van der Waals surface area contributed by atoms with Crippen LogP contribution in [0.4, 0.5) is 0 Å². The van der Waals surface area contributed by atoms with E-state index in [0.29, 0.717) is 40.7 Å². The Bertz CT molecular complexity index is 2870. The number of para-hydroxylation sites is 6. The Hall–Kier alpha value is -7.58. The summed E-state index contributed by atoms with van der Waals surface area (Å²) in [7, 11) is 0. The van der Waals surface area contributed by atoms with Crippen LogP contribution < -0.4 is 9.47 Å². The summed E-state index contributed by atoms with van der Waals surface area (Å²) in [6.07, 6.45) is 3.51. The van der Waals surface area contributed by atoms with E-state index in [9.17, 15) is 10.2 Å². The van der Waals surface area contributed by atoms with Crippen molar-refractivity contribution in [2.45, 2.75) is 32.5 Å². The Balaban J connectivity index is 0.917. The summed E-state index contributed by atoms with van der Waals surface area (Å²) < 4.78 is 17.3. The molecular weight excluding hydrogens is 733 g/mol. The molecule has 1 unspecified atom stereocenters. The molecule has 0 spiro atoms. The second-order valence-corrected chi connectivity index (χ2v) is 14.9. The molecule has 0 radical (unpaired) electrons. The third-order valence-electron chi connectivity index (χ3n) is 11.1. The molecular formula is C51H40N4O4. The monoisotopic (exact) mass is 772 g/mol. The molecule has 10 rings (SSSR count). The van der Waals surface area contributed by atoms with Gasteiger partial charge in [-0.1, -0.05) is 109 Å². The van der Waals surface area contributed by atoms with Crippen LogP contribution in [0.2, 0.25) is 0 Å². The highest BCUT2D eigenvalue weighted by molar-refractivity contribution is 6.10. The van der Waals surface area contributed by atoms with Crippen LogP contribution >= 0.6 is 0 Å². The first-order chi connectivity index (χ1) is 29.0. The van der Waals surface area contributed by atoms with Gasteiger partial charge in [0.1, 0.15) is 11.5 Å². The standard InChI is InChI=1S/C51H40N4O4/c1-32(58-46-25-13-7-19-38(46)40-27-29-52-50(48(40)56)54-42-21-9-3-15-34(42)35-16-4-10-22-43(35)54)31-33(2)59-47-26-14-8-20-39(47)41-28-30-53-51(49(41)57)55-44-23-11-5-17-36(44)37-18-6-12-24-45(37)55/h3-30,32-33,56-57H,31H2,1-2H3/t32-,33?/m0/s1. The van der Waals surface area contributed by atoms with Gasteiger partial charge >= 0.3 is 0 Å². The predicted octanol–water partition coefficient (Wildman–Crippen LogP) is 12.0. The normalized spacial score (nSPS) is 12.6. The van der Waals surface area contributed by atoms with E-state index in [1.165, 1.54) is 0 Å². The van der Waals surface area contributed by atoms with Gasteiger partial charge in [-0.25, -0.2) is 9.97 Å². The van der Waals surface area contributed by atoms with E-state index in [2.05, 4.69) is 34.2 Å². The van der Waals surface area contributed by atoms with Crippen LogP contribution in [0, 0.1) is 0 Å². The fraction of sp³-hybridized carbons (Fsp3) is 0.0980. The molecule has 4 aromatic heterocycles. The van der Waals surface area contributed by atoms with Crippen molar-refractivity contribution in [2.75, 3.05) is 0 Å². The molecule has 8 nitrogen and oxygen atoms in total. The first kappa shape index (κ1) is 35.8. The van der Waals surface area contributed by atoms with Crippen molar-refractivity contribution in [1.82, 2.24) is 19.1 Å². The maximum absolute atomic E-state index is 11.9. The number of rotatable bonds is 10. The molecule has 0 saturated carbocycles. The van der Waals surface area contributed by atoms with Crippen molar-refractivity contribution in [3.05, 3.63) is 170 Å². The molecule has 10 aromatic rings. The van der Waals surface area contributed by atoms with Gasteiger partial charge in [-0.15, -0.1) is 0 Å². The lowest BCUT2D eigenvalue weighted by atomic mass is 10.0. The first-order valence-electron chi connectivity index (χ1n) is 19.8. The summed E-state index contributed by atoms with van der Waals surface area (Å²) in [5.41, 5.74) is 6.61. The van der Waals surface area contributed by atoms with Crippen molar-refractivity contribution in [2.24, 2.45) is 0 Å². The molecule has 0 aliphatic rings. The average Bonchev–Trinajstić information content (AvgIpc) is 3.77. The van der Waals surface area contributed by atoms with Crippen LogP contribution in [0.5, 0.6) is 23.0 Å². The summed E-state index contributed by atoms with van der Waals surface area (Å²) in [5, 5.41) is 28.2. The summed E-state index contributed by atoms with van der Waals surface area (Å²) in [6.45, 7) is 4.04. The molecule has 6 aromatic carbocycles. The molecule has 288 valence electrons. The summed E-state index contributed by atoms with van der Waals surface area (Å²) >= 11 is 0. The Morgan fingerprint density at radius 1 is 0.424 bits per heavy atom. The number of hydrogen-bond acceptors (Lipinski definition) is 6. The summed E-state index contributed by atoms with van der Waals surface area (Å²) in [5.74, 6) is 2.31. The van der Waals surface area contributed by atoms with Gasteiger partial charge in [0.05, 0.1) is 34.3 Å². The van der Waals surface area contributed by atoms with Crippen LogP contribution in [0.25, 0.3) is 77.5 Å². The fourth-order valence-corrected chi connectivity index (χ4v) is 8.53. The molecule has 0 aliphatic carbocycles. The number of pyridine rings is 2. The van der Waals surface area contributed by atoms with Crippen molar-refractivity contribution in [3.8, 4) is 56.9 Å². The number of aromatic hydroxyl groups is 2. The second kappa shape index (κ2) is 14.7. The highest BCUT2D eigenvalue weighted by Crippen LogP contribution is 2.43. The highest BCUT2D eigenvalue weighted by atomic mass is 16.5. The number of ether oxygens (including phenoxy) is 2. The van der Waals surface area contributed by atoms with Gasteiger partial charge in [-0.3, -0.25) is 9.13 Å². The minimum Gasteiger partial charge on any atom is -0.504 e. The minimum absolute atomic E-state index is 0.0664. The maximum Gasteiger partial charge on any atom is 0.180 e. The van der Waals surface area contributed by atoms with Gasteiger partial charge in [0, 0.05) is 62.6 Å². The second-order valence-electron chi connectivity index (χ2n) is 14.9. The zero-order chi connectivity index (χ0) is 40.0. The summed E-state index contributed by atoms with van der Waals surface area (Å²) in [4.78, 5) is 9.38. The molecule has 0 fully saturated rings. The molecule has 2 atom stereocenters. The number of nitrogens with zero attached hydrogens (tertiary/aromatic N) is 4. The zero-order valence-corrected chi connectivity index (χ0v) is 32.5. The Morgan fingerprint density at radius 3 is 1.12 bits per heavy atom. The van der Waals surface area contributed by atoms with Gasteiger partial charge in [0.25, 0.3) is 0 Å². The molecule has 4 heterocycles. The Morgan fingerprint density at radius 2 is 0.746 bits per heavy atom. The number of aromatic nitrogens is 4. The minimum atomic E-state index is -0.254. The average molecular weight is 773 g/mol. The van der Waals surface area contributed by atoms with Crippen LogP contribution in [0.1, 0.15) is 20.3 Å². The van der Waals surface area contributed by atoms with Gasteiger partial charge in [-0.05, 0) is 62.4 Å². The van der Waals surface area contributed by atoms with E-state index in [4.69, 9.17) is 9.47 Å². The van der Waals surface area contributed by atoms with Crippen molar-refractivity contribution in [1.29, 1.82) is 0 Å². The van der Waals surface area contributed by atoms with E-state index < -0.39 is 0 Å². The third kappa shape index (κ3) is 6.17. The Kier molecular flexibility index (Phi) is 8.94. The molecule has 8 heteroatoms. The molecule has 0 aliphatic heterocycles. The van der Waals surface area contributed by atoms with Crippen molar-refractivity contribution in [3.63, 3.8) is 0 Å². The van der Waals surface area contributed by atoms with Crippen molar-refractivity contribution < 1.29 is 19.7 Å². The van der Waals surface area contributed by atoms with Crippen LogP contribution in [0.3, 0.4) is 0 Å². The maximum atomic E-state index is 11.9. The first-order valence-corrected chi connectivity index (χ1v) is 19.8. The van der Waals surface area contributed by atoms with Gasteiger partial charge in [0.15, 0.2) is 23.1 Å². The van der Waals surface area contributed by atoms with Gasteiger partial charge in [-0.2, -0.15) is 0 Å². The van der Waals surface area contributed by atoms with Crippen molar-refractivity contribution >= 4 is 43.6 Å². The van der Waals surface area contributed by atoms with Gasteiger partial charge < -0.3 is 19.7 Å². The Labute approximate surface area is 340 Å². The SMILES string of the molecule is CC(C[C@H](C)Oc1ccccc1-c1ccnc(-n2c3ccccc3c3ccccc32)c1O)Oc1ccccc1-c1ccnc(-n2c3ccccc3c3ccccc32)c1O. The van der Waals surface area contributed by atoms with E-state index >= 15 is 0 Å². The quantitative estimate of drug-likeness (QED) is 0.144. The molecule has 2 N–H and O–H groups in total. The zero-order valence-electron chi connectivity index (χ0n) is 32.5. The van der Waals surface area contributed by atoms with Crippen LogP contribution in [-0.4, -0.2) is 41.5 Å². The predicted molar refractivity (Wildman–Crippen MR) is 236 cm³/mol. The van der Waals surface area contributed by atoms with Crippen LogP contribution in [0.15, 0.2) is 170 Å². The fourth-order valence-electron chi connectivity index (χ4n) is 8.53. The third-order valence-corrected chi connectivity index (χ3v) is 11.1. The number of benzene rings is 6. The van der Waals surface area contributed by atoms with E-state index in [1.807, 2.05) is 156 Å². The van der Waals surface area contributed by atoms with E-state index in [0.717, 1.165) is 54.7 Å². The van der Waals surface area contributed by atoms with Gasteiger partial charge in [0.2, 0.25) is 0 Å². The van der Waals surface area contributed by atoms with E-state index in [1.54, 1.807) is 12.4 Å². The molecule has 0 saturated heterocycles.